The zero-order chi connectivity index (χ0) is 18.6. The van der Waals surface area contributed by atoms with Crippen LogP contribution in [0.15, 0.2) is 60.7 Å². The van der Waals surface area contributed by atoms with Crippen LogP contribution in [0.2, 0.25) is 0 Å². The molecular weight excluding hydrogens is 318 g/mol. The zero-order valence-electron chi connectivity index (χ0n) is 16.4. The van der Waals surface area contributed by atoms with Crippen molar-refractivity contribution in [1.29, 1.82) is 0 Å². The lowest BCUT2D eigenvalue weighted by Crippen LogP contribution is -2.58. The minimum atomic E-state index is -0.656. The second kappa shape index (κ2) is 8.37. The number of nitrogens with one attached hydrogen (secondary N) is 1. The fourth-order valence-electron chi connectivity index (χ4n) is 4.94. The Kier molecular flexibility index (Phi) is 6.16. The Bertz CT molecular complexity index is 671. The first-order valence-corrected chi connectivity index (χ1v) is 10.2. The van der Waals surface area contributed by atoms with E-state index in [9.17, 15) is 5.11 Å². The molecule has 0 aliphatic carbocycles. The summed E-state index contributed by atoms with van der Waals surface area (Å²) in [6, 6.07) is 21.6. The molecule has 2 N–H and O–H groups in total. The van der Waals surface area contributed by atoms with E-state index in [1.165, 1.54) is 11.1 Å². The number of hydrogen-bond acceptors (Lipinski definition) is 2. The molecule has 5 atom stereocenters. The Balaban J connectivity index is 2.06. The van der Waals surface area contributed by atoms with Gasteiger partial charge in [0.2, 0.25) is 0 Å². The van der Waals surface area contributed by atoms with Crippen LogP contribution < -0.4 is 5.32 Å². The lowest BCUT2D eigenvalue weighted by Gasteiger charge is -2.53. The normalized spacial score (nSPS) is 31.7. The van der Waals surface area contributed by atoms with Gasteiger partial charge in [-0.3, -0.25) is 0 Å². The van der Waals surface area contributed by atoms with E-state index in [0.717, 1.165) is 25.7 Å². The maximum Gasteiger partial charge on any atom is 0.0737 e. The second-order valence-electron chi connectivity index (χ2n) is 7.87. The van der Waals surface area contributed by atoms with Crippen LogP contribution in [0.25, 0.3) is 0 Å². The van der Waals surface area contributed by atoms with Gasteiger partial charge in [0.25, 0.3) is 0 Å². The highest BCUT2D eigenvalue weighted by Gasteiger charge is 2.51. The Morgan fingerprint density at radius 1 is 0.846 bits per heavy atom. The van der Waals surface area contributed by atoms with Crippen LogP contribution >= 0.6 is 0 Å². The van der Waals surface area contributed by atoms with Crippen molar-refractivity contribution in [3.8, 4) is 0 Å². The molecule has 0 aromatic heterocycles. The molecule has 2 aromatic carbocycles. The summed E-state index contributed by atoms with van der Waals surface area (Å²) in [7, 11) is 0. The van der Waals surface area contributed by atoms with E-state index in [4.69, 9.17) is 0 Å². The first kappa shape index (κ1) is 19.1. The molecule has 2 nitrogen and oxygen atoms in total. The average molecular weight is 352 g/mol. The average Bonchev–Trinajstić information content (AvgIpc) is 2.68. The van der Waals surface area contributed by atoms with Crippen molar-refractivity contribution in [2.75, 3.05) is 0 Å². The van der Waals surface area contributed by atoms with Gasteiger partial charge in [0.05, 0.1) is 5.60 Å². The van der Waals surface area contributed by atoms with Gasteiger partial charge in [-0.2, -0.15) is 0 Å². The van der Waals surface area contributed by atoms with E-state index >= 15 is 0 Å². The molecule has 0 bridgehead atoms. The summed E-state index contributed by atoms with van der Waals surface area (Å²) in [6.07, 6.45) is 3.98. The van der Waals surface area contributed by atoms with Gasteiger partial charge in [-0.1, -0.05) is 94.3 Å². The number of benzene rings is 2. The fourth-order valence-corrected chi connectivity index (χ4v) is 4.94. The molecule has 1 aliphatic rings. The van der Waals surface area contributed by atoms with Gasteiger partial charge in [-0.15, -0.1) is 0 Å². The molecule has 0 radical (unpaired) electrons. The molecule has 0 spiro atoms. The molecule has 1 heterocycles. The number of aliphatic hydroxyl groups is 1. The number of rotatable bonds is 6. The van der Waals surface area contributed by atoms with Gasteiger partial charge >= 0.3 is 0 Å². The van der Waals surface area contributed by atoms with Gasteiger partial charge in [-0.25, -0.2) is 0 Å². The van der Waals surface area contributed by atoms with Gasteiger partial charge in [0.15, 0.2) is 0 Å². The molecule has 0 unspecified atom stereocenters. The third-order valence-corrected chi connectivity index (χ3v) is 6.26. The molecule has 26 heavy (non-hydrogen) atoms. The summed E-state index contributed by atoms with van der Waals surface area (Å²) in [6.45, 7) is 6.64. The van der Waals surface area contributed by atoms with Crippen molar-refractivity contribution in [1.82, 2.24) is 5.32 Å². The summed E-state index contributed by atoms with van der Waals surface area (Å²) >= 11 is 0. The fraction of sp³-hybridized carbons (Fsp3) is 0.500. The molecular formula is C24H33NO. The molecule has 3 rings (SSSR count). The molecule has 140 valence electrons. The van der Waals surface area contributed by atoms with Crippen molar-refractivity contribution < 1.29 is 5.11 Å². The maximum atomic E-state index is 12.0. The van der Waals surface area contributed by atoms with Crippen LogP contribution in [0.4, 0.5) is 0 Å². The van der Waals surface area contributed by atoms with Gasteiger partial charge in [0.1, 0.15) is 0 Å². The van der Waals surface area contributed by atoms with Crippen LogP contribution in [0.1, 0.15) is 69.7 Å². The predicted molar refractivity (Wildman–Crippen MR) is 109 cm³/mol. The maximum absolute atomic E-state index is 12.0. The Hall–Kier alpha value is -1.64. The molecule has 1 fully saturated rings. The first-order valence-electron chi connectivity index (χ1n) is 10.2. The van der Waals surface area contributed by atoms with E-state index in [-0.39, 0.29) is 23.9 Å². The summed E-state index contributed by atoms with van der Waals surface area (Å²) in [4.78, 5) is 0. The monoisotopic (exact) mass is 351 g/mol. The van der Waals surface area contributed by atoms with E-state index in [0.29, 0.717) is 0 Å². The standard InChI is InChI=1S/C24H33NO/c1-4-12-21-23(20-15-10-7-11-16-20)25-22(19-13-8-6-9-14-19)18(3)24(21,26)17-5-2/h6-11,13-16,18,21-23,25-26H,4-5,12,17H2,1-3H3/t18-,21+,22-,23+,24+/m0/s1. The minimum absolute atomic E-state index is 0.158. The highest BCUT2D eigenvalue weighted by atomic mass is 16.3. The van der Waals surface area contributed by atoms with Gasteiger partial charge < -0.3 is 10.4 Å². The minimum Gasteiger partial charge on any atom is -0.389 e. The smallest absolute Gasteiger partial charge is 0.0737 e. The first-order chi connectivity index (χ1) is 12.6. The molecule has 0 amide bonds. The zero-order valence-corrected chi connectivity index (χ0v) is 16.4. The van der Waals surface area contributed by atoms with Crippen LogP contribution in [0, 0.1) is 11.8 Å². The summed E-state index contributed by atoms with van der Waals surface area (Å²) in [5.41, 5.74) is 1.90. The number of hydrogen-bond donors (Lipinski definition) is 2. The Morgan fingerprint density at radius 2 is 1.38 bits per heavy atom. The van der Waals surface area contributed by atoms with E-state index in [1.54, 1.807) is 0 Å². The highest BCUT2D eigenvalue weighted by Crippen LogP contribution is 2.50. The van der Waals surface area contributed by atoms with E-state index < -0.39 is 5.60 Å². The molecule has 2 heteroatoms. The van der Waals surface area contributed by atoms with E-state index in [2.05, 4.69) is 86.8 Å². The van der Waals surface area contributed by atoms with Crippen molar-refractivity contribution in [3.63, 3.8) is 0 Å². The summed E-state index contributed by atoms with van der Waals surface area (Å²) in [5, 5.41) is 15.9. The topological polar surface area (TPSA) is 32.3 Å². The van der Waals surface area contributed by atoms with E-state index in [1.807, 2.05) is 0 Å². The van der Waals surface area contributed by atoms with Crippen LogP contribution in [-0.4, -0.2) is 10.7 Å². The van der Waals surface area contributed by atoms with Crippen molar-refractivity contribution >= 4 is 0 Å². The largest absolute Gasteiger partial charge is 0.389 e. The SMILES string of the molecule is CCC[C@@H]1[C@@H](c2ccccc2)N[C@H](c2ccccc2)[C@H](C)[C@]1(O)CCC. The summed E-state index contributed by atoms with van der Waals surface area (Å²) in [5.74, 6) is 0.395. The van der Waals surface area contributed by atoms with Crippen LogP contribution in [0.3, 0.4) is 0 Å². The van der Waals surface area contributed by atoms with Crippen LogP contribution in [0.5, 0.6) is 0 Å². The summed E-state index contributed by atoms with van der Waals surface area (Å²) < 4.78 is 0. The third kappa shape index (κ3) is 3.58. The number of piperidine rings is 1. The van der Waals surface area contributed by atoms with Crippen molar-refractivity contribution in [3.05, 3.63) is 71.8 Å². The van der Waals surface area contributed by atoms with Crippen molar-refractivity contribution in [2.24, 2.45) is 11.8 Å². The Labute approximate surface area is 158 Å². The second-order valence-corrected chi connectivity index (χ2v) is 7.87. The van der Waals surface area contributed by atoms with Gasteiger partial charge in [0, 0.05) is 23.9 Å². The van der Waals surface area contributed by atoms with Crippen molar-refractivity contribution in [2.45, 2.75) is 64.1 Å². The van der Waals surface area contributed by atoms with Gasteiger partial charge in [-0.05, 0) is 24.0 Å². The lowest BCUT2D eigenvalue weighted by molar-refractivity contribution is -0.125. The predicted octanol–water partition coefficient (Wildman–Crippen LogP) is 5.66. The third-order valence-electron chi connectivity index (χ3n) is 6.26. The molecule has 2 aromatic rings. The quantitative estimate of drug-likeness (QED) is 0.704. The Morgan fingerprint density at radius 3 is 1.88 bits per heavy atom. The highest BCUT2D eigenvalue weighted by molar-refractivity contribution is 5.28. The molecule has 0 saturated carbocycles. The van der Waals surface area contributed by atoms with Crippen LogP contribution in [-0.2, 0) is 0 Å². The molecule has 1 saturated heterocycles. The lowest BCUT2D eigenvalue weighted by atomic mass is 9.62. The molecule has 1 aliphatic heterocycles.